The maximum absolute atomic E-state index is 10.6. The zero-order valence-corrected chi connectivity index (χ0v) is 9.57. The van der Waals surface area contributed by atoms with Gasteiger partial charge in [0.25, 0.3) is 0 Å². The Hall–Kier alpha value is -2.18. The van der Waals surface area contributed by atoms with Gasteiger partial charge in [0.1, 0.15) is 0 Å². The second-order valence-electron chi connectivity index (χ2n) is 3.04. The van der Waals surface area contributed by atoms with E-state index < -0.39 is 16.4 Å². The first-order valence-corrected chi connectivity index (χ1v) is 5.24. The van der Waals surface area contributed by atoms with Crippen LogP contribution in [0.25, 0.3) is 0 Å². The van der Waals surface area contributed by atoms with Crippen LogP contribution in [0.1, 0.15) is 17.5 Å². The molecule has 1 rings (SSSR count). The lowest BCUT2D eigenvalue weighted by atomic mass is 10.1. The minimum atomic E-state index is -0.750. The summed E-state index contributed by atoms with van der Waals surface area (Å²) in [5.74, 6) is 5.31. The molecule has 0 unspecified atom stereocenters. The molecule has 0 amide bonds. The molecule has 17 heavy (non-hydrogen) atoms. The van der Waals surface area contributed by atoms with Crippen molar-refractivity contribution < 1.29 is 10.0 Å². The number of phenolic OH excluding ortho intramolecular Hbond substituents is 1. The van der Waals surface area contributed by atoms with Gasteiger partial charge in [0.15, 0.2) is 0 Å². The van der Waals surface area contributed by atoms with Gasteiger partial charge in [-0.05, 0) is 6.07 Å². The van der Waals surface area contributed by atoms with Crippen LogP contribution in [0.3, 0.4) is 0 Å². The van der Waals surface area contributed by atoms with Crippen molar-refractivity contribution in [3.63, 3.8) is 0 Å². The average molecular weight is 248 g/mol. The number of nitro benzene ring substituents is 1. The lowest BCUT2D eigenvalue weighted by Crippen LogP contribution is -1.92. The summed E-state index contributed by atoms with van der Waals surface area (Å²) in [6.07, 6.45) is 0.493. The number of benzene rings is 1. The van der Waals surface area contributed by atoms with Crippen molar-refractivity contribution in [1.82, 2.24) is 0 Å². The lowest BCUT2D eigenvalue weighted by molar-refractivity contribution is -0.385. The molecule has 0 aliphatic heterocycles. The minimum Gasteiger partial charge on any atom is -0.501 e. The zero-order valence-electron chi connectivity index (χ0n) is 8.67. The second-order valence-corrected chi connectivity index (χ2v) is 3.48. The van der Waals surface area contributed by atoms with E-state index in [1.54, 1.807) is 6.07 Å². The van der Waals surface area contributed by atoms with Crippen LogP contribution in [-0.2, 0) is 0 Å². The summed E-state index contributed by atoms with van der Waals surface area (Å²) in [6, 6.07) is 4.11. The number of hydrogen-bond acceptors (Lipinski definition) is 5. The molecule has 0 saturated carbocycles. The first kappa shape index (κ1) is 12.9. The van der Waals surface area contributed by atoms with Crippen LogP contribution < -0.4 is 0 Å². The molecule has 0 spiro atoms. The normalized spacial score (nSPS) is 8.94. The van der Waals surface area contributed by atoms with Crippen molar-refractivity contribution >= 4 is 18.3 Å². The first-order chi connectivity index (χ1) is 8.10. The fourth-order valence-electron chi connectivity index (χ4n) is 1.13. The summed E-state index contributed by atoms with van der Waals surface area (Å²) in [5, 5.41) is 29.0. The van der Waals surface area contributed by atoms with E-state index in [2.05, 4.69) is 24.5 Å². The third-order valence-electron chi connectivity index (χ3n) is 1.88. The molecule has 1 N–H and O–H groups in total. The van der Waals surface area contributed by atoms with Crippen LogP contribution in [0.5, 0.6) is 5.75 Å². The van der Waals surface area contributed by atoms with E-state index in [1.165, 1.54) is 6.07 Å². The first-order valence-electron chi connectivity index (χ1n) is 4.61. The Morgan fingerprint density at radius 1 is 1.53 bits per heavy atom. The standard InChI is InChI=1S/C11H8N2O3S/c12-7-8-5-9(3-1-2-4-17)11(14)10(6-8)13(15)16/h5-6,14,17H,2,4H2. The predicted octanol–water partition coefficient (Wildman–Crippen LogP) is 1.84. The second kappa shape index (κ2) is 5.78. The van der Waals surface area contributed by atoms with Crippen molar-refractivity contribution in [2.24, 2.45) is 0 Å². The quantitative estimate of drug-likeness (QED) is 0.362. The highest BCUT2D eigenvalue weighted by atomic mass is 32.1. The van der Waals surface area contributed by atoms with Crippen LogP contribution in [0.2, 0.25) is 0 Å². The molecule has 0 aromatic heterocycles. The number of nitrogens with zero attached hydrogens (tertiary/aromatic N) is 2. The van der Waals surface area contributed by atoms with E-state index in [4.69, 9.17) is 5.26 Å². The van der Waals surface area contributed by atoms with Gasteiger partial charge < -0.3 is 5.11 Å². The zero-order chi connectivity index (χ0) is 12.8. The Bertz CT molecular complexity index is 552. The monoisotopic (exact) mass is 248 g/mol. The predicted molar refractivity (Wildman–Crippen MR) is 64.8 cm³/mol. The van der Waals surface area contributed by atoms with Gasteiger partial charge in [-0.1, -0.05) is 11.8 Å². The van der Waals surface area contributed by atoms with Crippen LogP contribution in [0, 0.1) is 33.3 Å². The van der Waals surface area contributed by atoms with Crippen molar-refractivity contribution in [3.8, 4) is 23.7 Å². The molecule has 0 atom stereocenters. The molecule has 1 aromatic carbocycles. The minimum absolute atomic E-state index is 0.0810. The van der Waals surface area contributed by atoms with Crippen molar-refractivity contribution in [2.75, 3.05) is 5.75 Å². The van der Waals surface area contributed by atoms with Gasteiger partial charge in [0, 0.05) is 18.2 Å². The van der Waals surface area contributed by atoms with Crippen molar-refractivity contribution in [3.05, 3.63) is 33.4 Å². The Kier molecular flexibility index (Phi) is 4.38. The number of nitriles is 1. The topological polar surface area (TPSA) is 87.2 Å². The van der Waals surface area contributed by atoms with Gasteiger partial charge in [0.2, 0.25) is 5.75 Å². The molecule has 6 heteroatoms. The fraction of sp³-hybridized carbons (Fsp3) is 0.182. The fourth-order valence-corrected chi connectivity index (χ4v) is 1.24. The van der Waals surface area contributed by atoms with Gasteiger partial charge >= 0.3 is 5.69 Å². The highest BCUT2D eigenvalue weighted by Gasteiger charge is 2.18. The number of hydrogen-bond donors (Lipinski definition) is 2. The van der Waals surface area contributed by atoms with Gasteiger partial charge in [-0.2, -0.15) is 17.9 Å². The highest BCUT2D eigenvalue weighted by molar-refractivity contribution is 7.80. The number of thiol groups is 1. The molecule has 0 aliphatic rings. The van der Waals surface area contributed by atoms with Crippen LogP contribution in [0.15, 0.2) is 12.1 Å². The summed E-state index contributed by atoms with van der Waals surface area (Å²) >= 11 is 3.96. The van der Waals surface area contributed by atoms with Crippen molar-refractivity contribution in [2.45, 2.75) is 6.42 Å². The van der Waals surface area contributed by atoms with Crippen molar-refractivity contribution in [1.29, 1.82) is 5.26 Å². The summed E-state index contributed by atoms with van der Waals surface area (Å²) in [4.78, 5) is 9.90. The smallest absolute Gasteiger partial charge is 0.313 e. The maximum Gasteiger partial charge on any atom is 0.313 e. The largest absolute Gasteiger partial charge is 0.501 e. The molecule has 0 aliphatic carbocycles. The summed E-state index contributed by atoms with van der Waals surface area (Å²) < 4.78 is 0. The molecule has 86 valence electrons. The summed E-state index contributed by atoms with van der Waals surface area (Å²) in [7, 11) is 0. The third-order valence-corrected chi connectivity index (χ3v) is 2.10. The average Bonchev–Trinajstić information content (AvgIpc) is 2.31. The van der Waals surface area contributed by atoms with E-state index >= 15 is 0 Å². The maximum atomic E-state index is 10.6. The SMILES string of the molecule is N#Cc1cc(C#CCCS)c(O)c([N+](=O)[O-])c1. The molecule has 1 aromatic rings. The van der Waals surface area contributed by atoms with Gasteiger partial charge in [-0.25, -0.2) is 0 Å². The molecule has 5 nitrogen and oxygen atoms in total. The summed E-state index contributed by atoms with van der Waals surface area (Å²) in [5.41, 5.74) is -0.346. The van der Waals surface area contributed by atoms with Gasteiger partial charge in [-0.15, -0.1) is 0 Å². The van der Waals surface area contributed by atoms with Gasteiger partial charge in [0.05, 0.1) is 22.1 Å². The van der Waals surface area contributed by atoms with Gasteiger partial charge in [-0.3, -0.25) is 10.1 Å². The molecule has 0 bridgehead atoms. The lowest BCUT2D eigenvalue weighted by Gasteiger charge is -1.99. The number of rotatable bonds is 2. The highest BCUT2D eigenvalue weighted by Crippen LogP contribution is 2.30. The Morgan fingerprint density at radius 3 is 2.76 bits per heavy atom. The van der Waals surface area contributed by atoms with Crippen LogP contribution in [0.4, 0.5) is 5.69 Å². The summed E-state index contributed by atoms with van der Waals surface area (Å²) in [6.45, 7) is 0. The van der Waals surface area contributed by atoms with Crippen LogP contribution in [-0.4, -0.2) is 15.8 Å². The van der Waals surface area contributed by atoms with E-state index in [1.807, 2.05) is 0 Å². The number of phenols is 1. The van der Waals surface area contributed by atoms with Crippen LogP contribution >= 0.6 is 12.6 Å². The number of aromatic hydroxyl groups is 1. The third kappa shape index (κ3) is 3.13. The molecular weight excluding hydrogens is 240 g/mol. The molecular formula is C11H8N2O3S. The molecule has 0 heterocycles. The Labute approximate surface area is 103 Å². The van der Waals surface area contributed by atoms with E-state index in [0.717, 1.165) is 6.07 Å². The molecule has 0 radical (unpaired) electrons. The number of nitro groups is 1. The Morgan fingerprint density at radius 2 is 2.24 bits per heavy atom. The molecule has 0 saturated heterocycles. The van der Waals surface area contributed by atoms with E-state index in [0.29, 0.717) is 12.2 Å². The Balaban J connectivity index is 3.32. The molecule has 0 fully saturated rings. The van der Waals surface area contributed by atoms with E-state index in [-0.39, 0.29) is 11.1 Å². The van der Waals surface area contributed by atoms with E-state index in [9.17, 15) is 15.2 Å².